The van der Waals surface area contributed by atoms with Crippen molar-refractivity contribution in [1.29, 1.82) is 0 Å². The first-order valence-corrected chi connectivity index (χ1v) is 5.44. The van der Waals surface area contributed by atoms with Gasteiger partial charge in [-0.2, -0.15) is 0 Å². The van der Waals surface area contributed by atoms with Crippen molar-refractivity contribution in [2.24, 2.45) is 5.73 Å². The molecule has 0 radical (unpaired) electrons. The first kappa shape index (κ1) is 10.8. The van der Waals surface area contributed by atoms with E-state index in [0.717, 1.165) is 0 Å². The van der Waals surface area contributed by atoms with Crippen LogP contribution in [0.1, 0.15) is 12.5 Å². The number of benzene rings is 1. The monoisotopic (exact) mass is 290 g/mol. The van der Waals surface area contributed by atoms with Crippen LogP contribution in [0.15, 0.2) is 18.2 Å². The highest BCUT2D eigenvalue weighted by Crippen LogP contribution is 2.18. The lowest BCUT2D eigenvalue weighted by molar-refractivity contribution is 0.803. The van der Waals surface area contributed by atoms with Gasteiger partial charge < -0.3 is 11.1 Å². The molecule has 1 aromatic carbocycles. The molecule has 3 heteroatoms. The Kier molecular flexibility index (Phi) is 3.99. The summed E-state index contributed by atoms with van der Waals surface area (Å²) in [6.45, 7) is 4.84. The van der Waals surface area contributed by atoms with Crippen molar-refractivity contribution in [3.05, 3.63) is 27.3 Å². The van der Waals surface area contributed by atoms with Gasteiger partial charge in [0.1, 0.15) is 0 Å². The number of anilines is 1. The van der Waals surface area contributed by atoms with Crippen LogP contribution in [0.5, 0.6) is 0 Å². The zero-order chi connectivity index (χ0) is 9.84. The molecule has 1 atom stereocenters. The second-order valence-corrected chi connectivity index (χ2v) is 4.49. The van der Waals surface area contributed by atoms with Crippen LogP contribution < -0.4 is 11.1 Å². The fourth-order valence-corrected chi connectivity index (χ4v) is 1.76. The van der Waals surface area contributed by atoms with Crippen LogP contribution in [0.4, 0.5) is 5.69 Å². The summed E-state index contributed by atoms with van der Waals surface area (Å²) in [5.74, 6) is 0. The van der Waals surface area contributed by atoms with E-state index in [1.165, 1.54) is 14.8 Å². The third-order valence-electron chi connectivity index (χ3n) is 1.94. The molecular weight excluding hydrogens is 275 g/mol. The van der Waals surface area contributed by atoms with E-state index >= 15 is 0 Å². The molecule has 0 fully saturated rings. The minimum atomic E-state index is 0.332. The van der Waals surface area contributed by atoms with Gasteiger partial charge in [0.2, 0.25) is 0 Å². The Morgan fingerprint density at radius 3 is 2.77 bits per heavy atom. The number of halogens is 1. The van der Waals surface area contributed by atoms with E-state index in [9.17, 15) is 0 Å². The largest absolute Gasteiger partial charge is 0.381 e. The summed E-state index contributed by atoms with van der Waals surface area (Å²) in [6, 6.07) is 6.69. The molecule has 72 valence electrons. The maximum Gasteiger partial charge on any atom is 0.0373 e. The van der Waals surface area contributed by atoms with Crippen molar-refractivity contribution in [3.8, 4) is 0 Å². The van der Waals surface area contributed by atoms with Gasteiger partial charge in [-0.25, -0.2) is 0 Å². The van der Waals surface area contributed by atoms with Crippen LogP contribution in [0, 0.1) is 10.5 Å². The molecule has 0 aromatic heterocycles. The Hall–Kier alpha value is -0.290. The molecule has 0 aliphatic carbocycles. The van der Waals surface area contributed by atoms with Gasteiger partial charge in [-0.1, -0.05) is 0 Å². The highest BCUT2D eigenvalue weighted by molar-refractivity contribution is 14.1. The molecular formula is C10H15IN2. The average Bonchev–Trinajstić information content (AvgIpc) is 2.09. The standard InChI is InChI=1S/C10H15IN2/c1-7-5-9(11)3-4-10(7)13-8(2)6-12/h3-5,8,13H,6,12H2,1-2H3. The fourth-order valence-electron chi connectivity index (χ4n) is 1.11. The van der Waals surface area contributed by atoms with Crippen LogP contribution in [0.2, 0.25) is 0 Å². The van der Waals surface area contributed by atoms with Gasteiger partial charge in [-0.15, -0.1) is 0 Å². The smallest absolute Gasteiger partial charge is 0.0373 e. The number of aryl methyl sites for hydroxylation is 1. The van der Waals surface area contributed by atoms with Crippen LogP contribution in [0.3, 0.4) is 0 Å². The Morgan fingerprint density at radius 1 is 1.54 bits per heavy atom. The summed E-state index contributed by atoms with van der Waals surface area (Å²) in [4.78, 5) is 0. The SMILES string of the molecule is Cc1cc(I)ccc1NC(C)CN. The third-order valence-corrected chi connectivity index (χ3v) is 2.61. The summed E-state index contributed by atoms with van der Waals surface area (Å²) in [5.41, 5.74) is 7.99. The number of rotatable bonds is 3. The molecule has 1 aromatic rings. The second-order valence-electron chi connectivity index (χ2n) is 3.24. The zero-order valence-corrected chi connectivity index (χ0v) is 10.1. The van der Waals surface area contributed by atoms with Gasteiger partial charge in [0.25, 0.3) is 0 Å². The first-order valence-electron chi connectivity index (χ1n) is 4.36. The maximum absolute atomic E-state index is 5.54. The molecule has 0 heterocycles. The number of hydrogen-bond donors (Lipinski definition) is 2. The highest BCUT2D eigenvalue weighted by Gasteiger charge is 2.01. The molecule has 3 N–H and O–H groups in total. The van der Waals surface area contributed by atoms with E-state index in [-0.39, 0.29) is 0 Å². The highest BCUT2D eigenvalue weighted by atomic mass is 127. The van der Waals surface area contributed by atoms with Crippen molar-refractivity contribution in [1.82, 2.24) is 0 Å². The lowest BCUT2D eigenvalue weighted by atomic mass is 10.2. The lowest BCUT2D eigenvalue weighted by Gasteiger charge is -2.15. The normalized spacial score (nSPS) is 12.6. The molecule has 2 nitrogen and oxygen atoms in total. The molecule has 1 rings (SSSR count). The molecule has 13 heavy (non-hydrogen) atoms. The van der Waals surface area contributed by atoms with Crippen molar-refractivity contribution < 1.29 is 0 Å². The van der Waals surface area contributed by atoms with E-state index in [1.807, 2.05) is 0 Å². The van der Waals surface area contributed by atoms with Crippen LogP contribution in [-0.4, -0.2) is 12.6 Å². The van der Waals surface area contributed by atoms with Gasteiger partial charge >= 0.3 is 0 Å². The number of nitrogens with one attached hydrogen (secondary N) is 1. The van der Waals surface area contributed by atoms with Crippen molar-refractivity contribution in [2.75, 3.05) is 11.9 Å². The summed E-state index contributed by atoms with van der Waals surface area (Å²) in [5, 5.41) is 3.36. The molecule has 0 amide bonds. The Labute approximate surface area is 93.0 Å². The van der Waals surface area contributed by atoms with Crippen molar-refractivity contribution in [3.63, 3.8) is 0 Å². The first-order chi connectivity index (χ1) is 6.13. The summed E-state index contributed by atoms with van der Waals surface area (Å²) in [7, 11) is 0. The quantitative estimate of drug-likeness (QED) is 0.839. The van der Waals surface area contributed by atoms with E-state index < -0.39 is 0 Å². The minimum absolute atomic E-state index is 0.332. The Balaban J connectivity index is 2.77. The van der Waals surface area contributed by atoms with Crippen LogP contribution in [0.25, 0.3) is 0 Å². The topological polar surface area (TPSA) is 38.0 Å². The minimum Gasteiger partial charge on any atom is -0.381 e. The lowest BCUT2D eigenvalue weighted by Crippen LogP contribution is -2.25. The summed E-state index contributed by atoms with van der Waals surface area (Å²) in [6.07, 6.45) is 0. The third kappa shape index (κ3) is 3.15. The Bertz CT molecular complexity index is 286. The summed E-state index contributed by atoms with van der Waals surface area (Å²) >= 11 is 2.31. The fraction of sp³-hybridized carbons (Fsp3) is 0.400. The molecule has 0 saturated heterocycles. The molecule has 0 saturated carbocycles. The van der Waals surface area contributed by atoms with E-state index in [0.29, 0.717) is 12.6 Å². The van der Waals surface area contributed by atoms with Gasteiger partial charge in [-0.05, 0) is 60.2 Å². The maximum atomic E-state index is 5.54. The van der Waals surface area contributed by atoms with Crippen molar-refractivity contribution in [2.45, 2.75) is 19.9 Å². The van der Waals surface area contributed by atoms with Crippen LogP contribution >= 0.6 is 22.6 Å². The average molecular weight is 290 g/mol. The van der Waals surface area contributed by atoms with E-state index in [1.54, 1.807) is 0 Å². The van der Waals surface area contributed by atoms with Crippen molar-refractivity contribution >= 4 is 28.3 Å². The van der Waals surface area contributed by atoms with Gasteiger partial charge in [0.05, 0.1) is 0 Å². The van der Waals surface area contributed by atoms with Gasteiger partial charge in [0, 0.05) is 21.8 Å². The number of hydrogen-bond acceptors (Lipinski definition) is 2. The van der Waals surface area contributed by atoms with Gasteiger partial charge in [0.15, 0.2) is 0 Å². The summed E-state index contributed by atoms with van der Waals surface area (Å²) < 4.78 is 1.26. The number of nitrogens with two attached hydrogens (primary N) is 1. The Morgan fingerprint density at radius 2 is 2.23 bits per heavy atom. The molecule has 0 aliphatic heterocycles. The van der Waals surface area contributed by atoms with Gasteiger partial charge in [-0.3, -0.25) is 0 Å². The second kappa shape index (κ2) is 4.81. The molecule has 0 spiro atoms. The zero-order valence-electron chi connectivity index (χ0n) is 7.97. The molecule has 0 bridgehead atoms. The molecule has 0 aliphatic rings. The van der Waals surface area contributed by atoms with E-state index in [2.05, 4.69) is 60.0 Å². The predicted octanol–water partition coefficient (Wildman–Crippen LogP) is 2.36. The van der Waals surface area contributed by atoms with Crippen LogP contribution in [-0.2, 0) is 0 Å². The predicted molar refractivity (Wildman–Crippen MR) is 66.0 cm³/mol. The van der Waals surface area contributed by atoms with E-state index in [4.69, 9.17) is 5.73 Å². The molecule has 1 unspecified atom stereocenters.